The van der Waals surface area contributed by atoms with Crippen molar-refractivity contribution >= 4 is 5.91 Å². The molecule has 0 radical (unpaired) electrons. The second kappa shape index (κ2) is 8.47. The number of benzene rings is 2. The maximum Gasteiger partial charge on any atom is 0.223 e. The Morgan fingerprint density at radius 1 is 1.15 bits per heavy atom. The zero-order chi connectivity index (χ0) is 18.4. The fourth-order valence-electron chi connectivity index (χ4n) is 2.77. The zero-order valence-corrected chi connectivity index (χ0v) is 14.7. The van der Waals surface area contributed by atoms with Gasteiger partial charge in [0.1, 0.15) is 24.7 Å². The number of hydrogen-bond donors (Lipinski definition) is 2. The molecule has 0 fully saturated rings. The highest BCUT2D eigenvalue weighted by atomic mass is 16.6. The summed E-state index contributed by atoms with van der Waals surface area (Å²) in [4.78, 5) is 12.0. The van der Waals surface area contributed by atoms with Crippen LogP contribution in [0, 0.1) is 0 Å². The molecular weight excluding hydrogens is 334 g/mol. The molecule has 138 valence electrons. The summed E-state index contributed by atoms with van der Waals surface area (Å²) in [6.07, 6.45) is 0.980. The average Bonchev–Trinajstić information content (AvgIpc) is 2.63. The van der Waals surface area contributed by atoms with Crippen LogP contribution in [0.4, 0.5) is 0 Å². The molecular formula is C20H23NO5. The van der Waals surface area contributed by atoms with E-state index in [2.05, 4.69) is 5.32 Å². The minimum absolute atomic E-state index is 0.00117. The normalized spacial score (nSPS) is 13.7. The lowest BCUT2D eigenvalue weighted by molar-refractivity contribution is -0.122. The molecule has 0 bridgehead atoms. The van der Waals surface area contributed by atoms with Gasteiger partial charge in [0.15, 0.2) is 11.5 Å². The molecule has 1 atom stereocenters. The van der Waals surface area contributed by atoms with Gasteiger partial charge < -0.3 is 24.6 Å². The Labute approximate surface area is 152 Å². The average molecular weight is 357 g/mol. The van der Waals surface area contributed by atoms with Crippen molar-refractivity contribution in [2.45, 2.75) is 25.8 Å². The van der Waals surface area contributed by atoms with Crippen molar-refractivity contribution < 1.29 is 24.1 Å². The maximum atomic E-state index is 12.0. The van der Waals surface area contributed by atoms with Crippen LogP contribution in [0.3, 0.4) is 0 Å². The zero-order valence-electron chi connectivity index (χ0n) is 14.7. The van der Waals surface area contributed by atoms with Crippen molar-refractivity contribution in [3.63, 3.8) is 0 Å². The topological polar surface area (TPSA) is 77.0 Å². The highest BCUT2D eigenvalue weighted by Gasteiger charge is 2.14. The summed E-state index contributed by atoms with van der Waals surface area (Å²) in [7, 11) is 0. The van der Waals surface area contributed by atoms with Crippen LogP contribution in [0.1, 0.15) is 18.9 Å². The van der Waals surface area contributed by atoms with E-state index in [4.69, 9.17) is 14.2 Å². The number of hydrogen-bond acceptors (Lipinski definition) is 5. The van der Waals surface area contributed by atoms with Crippen LogP contribution in [0.5, 0.6) is 23.0 Å². The molecule has 1 aliphatic rings. The summed E-state index contributed by atoms with van der Waals surface area (Å²) in [6, 6.07) is 12.3. The van der Waals surface area contributed by atoms with E-state index in [0.717, 1.165) is 17.1 Å². The van der Waals surface area contributed by atoms with Gasteiger partial charge in [-0.2, -0.15) is 0 Å². The van der Waals surface area contributed by atoms with Crippen molar-refractivity contribution in [3.8, 4) is 23.0 Å². The van der Waals surface area contributed by atoms with E-state index in [0.29, 0.717) is 25.4 Å². The van der Waals surface area contributed by atoms with E-state index in [-0.39, 0.29) is 30.7 Å². The first kappa shape index (κ1) is 17.9. The minimum Gasteiger partial charge on any atom is -0.508 e. The number of ether oxygens (including phenoxy) is 3. The number of carbonyl (C=O) groups is 1. The van der Waals surface area contributed by atoms with Gasteiger partial charge in [-0.25, -0.2) is 0 Å². The van der Waals surface area contributed by atoms with Crippen molar-refractivity contribution in [2.24, 2.45) is 0 Å². The number of phenolic OH excluding ortho intramolecular Hbond substituents is 1. The van der Waals surface area contributed by atoms with Gasteiger partial charge in [-0.05, 0) is 55.3 Å². The van der Waals surface area contributed by atoms with Crippen LogP contribution in [0.25, 0.3) is 0 Å². The largest absolute Gasteiger partial charge is 0.508 e. The van der Waals surface area contributed by atoms with Crippen LogP contribution < -0.4 is 19.5 Å². The number of carbonyl (C=O) groups excluding carboxylic acids is 1. The fourth-order valence-corrected chi connectivity index (χ4v) is 2.77. The summed E-state index contributed by atoms with van der Waals surface area (Å²) in [5.74, 6) is 2.27. The van der Waals surface area contributed by atoms with Gasteiger partial charge in [0.25, 0.3) is 0 Å². The lowest BCUT2D eigenvalue weighted by Gasteiger charge is -2.20. The highest BCUT2D eigenvalue weighted by molar-refractivity contribution is 5.76. The Bertz CT molecular complexity index is 744. The fraction of sp³-hybridized carbons (Fsp3) is 0.350. The molecule has 2 aromatic rings. The molecule has 1 aliphatic heterocycles. The molecule has 0 aliphatic carbocycles. The Morgan fingerprint density at radius 2 is 1.88 bits per heavy atom. The molecule has 0 saturated carbocycles. The number of fused-ring (bicyclic) bond motifs is 1. The maximum absolute atomic E-state index is 12.0. The van der Waals surface area contributed by atoms with Gasteiger partial charge in [0.05, 0.1) is 13.0 Å². The monoisotopic (exact) mass is 357 g/mol. The predicted molar refractivity (Wildman–Crippen MR) is 97.0 cm³/mol. The first-order chi connectivity index (χ1) is 12.6. The third-order valence-corrected chi connectivity index (χ3v) is 3.99. The summed E-state index contributed by atoms with van der Waals surface area (Å²) < 4.78 is 16.6. The van der Waals surface area contributed by atoms with Crippen LogP contribution >= 0.6 is 0 Å². The van der Waals surface area contributed by atoms with Gasteiger partial charge in [0, 0.05) is 6.04 Å². The molecule has 2 N–H and O–H groups in total. The smallest absolute Gasteiger partial charge is 0.223 e. The minimum atomic E-state index is -0.0613. The standard InChI is InChI=1S/C20H23NO5/c1-14(12-15-2-7-18-19(13-15)26-11-10-25-18)21-20(23)8-9-24-17-5-3-16(22)4-6-17/h2-7,13-14,22H,8-12H2,1H3,(H,21,23)/t14-/m1/s1. The lowest BCUT2D eigenvalue weighted by atomic mass is 10.1. The van der Waals surface area contributed by atoms with Crippen molar-refractivity contribution in [1.82, 2.24) is 5.32 Å². The molecule has 0 aromatic heterocycles. The van der Waals surface area contributed by atoms with Gasteiger partial charge in [-0.1, -0.05) is 6.07 Å². The molecule has 1 amide bonds. The van der Waals surface area contributed by atoms with E-state index >= 15 is 0 Å². The van der Waals surface area contributed by atoms with Crippen molar-refractivity contribution in [2.75, 3.05) is 19.8 Å². The third kappa shape index (κ3) is 5.05. The molecule has 3 rings (SSSR count). The molecule has 2 aromatic carbocycles. The van der Waals surface area contributed by atoms with Gasteiger partial charge >= 0.3 is 0 Å². The number of aromatic hydroxyl groups is 1. The lowest BCUT2D eigenvalue weighted by Crippen LogP contribution is -2.34. The van der Waals surface area contributed by atoms with Crippen LogP contribution in [0.15, 0.2) is 42.5 Å². The van der Waals surface area contributed by atoms with Crippen LogP contribution in [-0.4, -0.2) is 36.9 Å². The molecule has 0 spiro atoms. The summed E-state index contributed by atoms with van der Waals surface area (Å²) >= 11 is 0. The summed E-state index contributed by atoms with van der Waals surface area (Å²) in [5.41, 5.74) is 1.09. The van der Waals surface area contributed by atoms with Crippen molar-refractivity contribution in [1.29, 1.82) is 0 Å². The Morgan fingerprint density at radius 3 is 2.65 bits per heavy atom. The second-order valence-electron chi connectivity index (χ2n) is 6.24. The number of phenols is 1. The molecule has 0 saturated heterocycles. The van der Waals surface area contributed by atoms with Gasteiger partial charge in [-0.3, -0.25) is 4.79 Å². The van der Waals surface area contributed by atoms with E-state index in [1.807, 2.05) is 25.1 Å². The van der Waals surface area contributed by atoms with E-state index in [1.165, 1.54) is 0 Å². The number of nitrogens with one attached hydrogen (secondary N) is 1. The first-order valence-corrected chi connectivity index (χ1v) is 8.70. The highest BCUT2D eigenvalue weighted by Crippen LogP contribution is 2.31. The van der Waals surface area contributed by atoms with E-state index in [9.17, 15) is 9.90 Å². The molecule has 6 nitrogen and oxygen atoms in total. The third-order valence-electron chi connectivity index (χ3n) is 3.99. The molecule has 6 heteroatoms. The molecule has 26 heavy (non-hydrogen) atoms. The van der Waals surface area contributed by atoms with Crippen LogP contribution in [0.2, 0.25) is 0 Å². The summed E-state index contributed by atoms with van der Waals surface area (Å²) in [5, 5.41) is 12.2. The molecule has 0 unspecified atom stereocenters. The van der Waals surface area contributed by atoms with E-state index < -0.39 is 0 Å². The molecule has 1 heterocycles. The Balaban J connectivity index is 1.41. The Hall–Kier alpha value is -2.89. The summed E-state index contributed by atoms with van der Waals surface area (Å²) in [6.45, 7) is 3.39. The van der Waals surface area contributed by atoms with Gasteiger partial charge in [0.2, 0.25) is 5.91 Å². The van der Waals surface area contributed by atoms with Crippen molar-refractivity contribution in [3.05, 3.63) is 48.0 Å². The second-order valence-corrected chi connectivity index (χ2v) is 6.24. The Kier molecular flexibility index (Phi) is 5.84. The number of rotatable bonds is 7. The van der Waals surface area contributed by atoms with Gasteiger partial charge in [-0.15, -0.1) is 0 Å². The predicted octanol–water partition coefficient (Wildman–Crippen LogP) is 2.68. The van der Waals surface area contributed by atoms with Crippen LogP contribution in [-0.2, 0) is 11.2 Å². The number of amides is 1. The van der Waals surface area contributed by atoms with E-state index in [1.54, 1.807) is 24.3 Å². The quantitative estimate of drug-likeness (QED) is 0.797. The first-order valence-electron chi connectivity index (χ1n) is 8.70. The SMILES string of the molecule is C[C@H](Cc1ccc2c(c1)OCCO2)NC(=O)CCOc1ccc(O)cc1.